The molecule has 0 saturated carbocycles. The summed E-state index contributed by atoms with van der Waals surface area (Å²) in [6, 6.07) is 4.08. The number of rotatable bonds is 4. The van der Waals surface area contributed by atoms with Crippen LogP contribution in [0.15, 0.2) is 12.1 Å². The van der Waals surface area contributed by atoms with Gasteiger partial charge >= 0.3 is 0 Å². The number of nitrogens with two attached hydrogens (primary N) is 1. The minimum Gasteiger partial charge on any atom is -0.496 e. The third kappa shape index (κ3) is 2.61. The number of nitrogens with zero attached hydrogens (tertiary/aromatic N) is 3. The molecule has 0 unspecified atom stereocenters. The molecular weight excluding hydrogens is 240 g/mol. The summed E-state index contributed by atoms with van der Waals surface area (Å²) in [6.45, 7) is 4.70. The lowest BCUT2D eigenvalue weighted by molar-refractivity contribution is 0.415. The van der Waals surface area contributed by atoms with Gasteiger partial charge in [0.15, 0.2) is 5.82 Å². The fraction of sp³-hybridized carbons (Fsp3) is 0.429. The molecule has 0 fully saturated rings. The van der Waals surface area contributed by atoms with Gasteiger partial charge in [-0.1, -0.05) is 0 Å². The molecule has 0 bridgehead atoms. The van der Waals surface area contributed by atoms with Crippen LogP contribution in [0.25, 0.3) is 11.4 Å². The highest BCUT2D eigenvalue weighted by Crippen LogP contribution is 2.30. The van der Waals surface area contributed by atoms with E-state index in [1.54, 1.807) is 11.8 Å². The van der Waals surface area contributed by atoms with Crippen LogP contribution in [0.5, 0.6) is 5.75 Å². The van der Waals surface area contributed by atoms with E-state index in [4.69, 9.17) is 10.5 Å². The Morgan fingerprint density at radius 2 is 1.95 bits per heavy atom. The second-order valence-corrected chi connectivity index (χ2v) is 4.65. The molecule has 1 heterocycles. The molecule has 5 heteroatoms. The van der Waals surface area contributed by atoms with E-state index in [0.29, 0.717) is 12.4 Å². The first-order valence-corrected chi connectivity index (χ1v) is 6.32. The van der Waals surface area contributed by atoms with E-state index in [9.17, 15) is 0 Å². The Labute approximate surface area is 113 Å². The topological polar surface area (TPSA) is 66.0 Å². The zero-order valence-corrected chi connectivity index (χ0v) is 11.9. The van der Waals surface area contributed by atoms with E-state index in [-0.39, 0.29) is 0 Å². The lowest BCUT2D eigenvalue weighted by Gasteiger charge is -2.09. The second kappa shape index (κ2) is 5.40. The first-order chi connectivity index (χ1) is 9.06. The molecule has 102 valence electrons. The van der Waals surface area contributed by atoms with Gasteiger partial charge in [0.1, 0.15) is 11.6 Å². The van der Waals surface area contributed by atoms with Gasteiger partial charge in [0.2, 0.25) is 0 Å². The van der Waals surface area contributed by atoms with Gasteiger partial charge in [-0.3, -0.25) is 4.68 Å². The fourth-order valence-electron chi connectivity index (χ4n) is 2.01. The van der Waals surface area contributed by atoms with E-state index < -0.39 is 0 Å². The van der Waals surface area contributed by atoms with Crippen molar-refractivity contribution in [2.75, 3.05) is 13.7 Å². The first kappa shape index (κ1) is 13.5. The van der Waals surface area contributed by atoms with Crippen molar-refractivity contribution in [1.29, 1.82) is 0 Å². The predicted octanol–water partition coefficient (Wildman–Crippen LogP) is 1.61. The maximum absolute atomic E-state index is 5.57. The summed E-state index contributed by atoms with van der Waals surface area (Å²) in [5, 5.41) is 4.45. The lowest BCUT2D eigenvalue weighted by atomic mass is 10.0. The molecule has 1 aromatic heterocycles. The van der Waals surface area contributed by atoms with Crippen LogP contribution in [0.2, 0.25) is 0 Å². The average molecular weight is 260 g/mol. The standard InChI is InChI=1S/C14H20N4O/c1-9-7-11(12(19-4)8-10(9)2)14-16-13(5-6-15)18(3)17-14/h7-8H,5-6,15H2,1-4H3. The van der Waals surface area contributed by atoms with Gasteiger partial charge in [-0.05, 0) is 43.7 Å². The Bertz CT molecular complexity index is 589. The number of methoxy groups -OCH3 is 1. The largest absolute Gasteiger partial charge is 0.496 e. The van der Waals surface area contributed by atoms with Gasteiger partial charge in [-0.25, -0.2) is 4.98 Å². The highest BCUT2D eigenvalue weighted by molar-refractivity contribution is 5.66. The predicted molar refractivity (Wildman–Crippen MR) is 75.2 cm³/mol. The van der Waals surface area contributed by atoms with Crippen molar-refractivity contribution in [2.24, 2.45) is 12.8 Å². The summed E-state index contributed by atoms with van der Waals surface area (Å²) in [4.78, 5) is 4.54. The van der Waals surface area contributed by atoms with Crippen molar-refractivity contribution in [3.05, 3.63) is 29.1 Å². The van der Waals surface area contributed by atoms with Crippen LogP contribution in [0.1, 0.15) is 17.0 Å². The Morgan fingerprint density at radius 3 is 2.58 bits per heavy atom. The Kier molecular flexibility index (Phi) is 3.85. The molecule has 19 heavy (non-hydrogen) atoms. The van der Waals surface area contributed by atoms with Crippen LogP contribution < -0.4 is 10.5 Å². The molecule has 2 aromatic rings. The van der Waals surface area contributed by atoms with Crippen LogP contribution >= 0.6 is 0 Å². The minimum atomic E-state index is 0.566. The number of hydrogen-bond acceptors (Lipinski definition) is 4. The fourth-order valence-corrected chi connectivity index (χ4v) is 2.01. The molecule has 2 rings (SSSR count). The Hall–Kier alpha value is -1.88. The van der Waals surface area contributed by atoms with Gasteiger partial charge in [-0.2, -0.15) is 5.10 Å². The van der Waals surface area contributed by atoms with E-state index in [0.717, 1.165) is 23.6 Å². The van der Waals surface area contributed by atoms with Gasteiger partial charge in [-0.15, -0.1) is 0 Å². The number of hydrogen-bond donors (Lipinski definition) is 1. The summed E-state index contributed by atoms with van der Waals surface area (Å²) >= 11 is 0. The summed E-state index contributed by atoms with van der Waals surface area (Å²) in [5.74, 6) is 2.37. The normalized spacial score (nSPS) is 10.8. The molecule has 0 aliphatic carbocycles. The van der Waals surface area contributed by atoms with E-state index >= 15 is 0 Å². The highest BCUT2D eigenvalue weighted by Gasteiger charge is 2.14. The van der Waals surface area contributed by atoms with Crippen molar-refractivity contribution < 1.29 is 4.74 Å². The number of aromatic nitrogens is 3. The van der Waals surface area contributed by atoms with Gasteiger partial charge < -0.3 is 10.5 Å². The Balaban J connectivity index is 2.51. The van der Waals surface area contributed by atoms with E-state index in [2.05, 4.69) is 30.0 Å². The maximum atomic E-state index is 5.57. The quantitative estimate of drug-likeness (QED) is 0.907. The van der Waals surface area contributed by atoms with Gasteiger partial charge in [0, 0.05) is 13.5 Å². The SMILES string of the molecule is COc1cc(C)c(C)cc1-c1nc(CCN)n(C)n1. The number of ether oxygens (including phenoxy) is 1. The van der Waals surface area contributed by atoms with Crippen LogP contribution in [0, 0.1) is 13.8 Å². The monoisotopic (exact) mass is 260 g/mol. The number of benzene rings is 1. The third-order valence-electron chi connectivity index (χ3n) is 3.28. The first-order valence-electron chi connectivity index (χ1n) is 6.32. The van der Waals surface area contributed by atoms with Crippen molar-refractivity contribution in [3.8, 4) is 17.1 Å². The Morgan fingerprint density at radius 1 is 1.26 bits per heavy atom. The molecule has 0 radical (unpaired) electrons. The molecule has 5 nitrogen and oxygen atoms in total. The minimum absolute atomic E-state index is 0.566. The van der Waals surface area contributed by atoms with Crippen LogP contribution in [-0.2, 0) is 13.5 Å². The molecule has 0 saturated heterocycles. The van der Waals surface area contributed by atoms with Crippen molar-refractivity contribution in [1.82, 2.24) is 14.8 Å². The zero-order chi connectivity index (χ0) is 14.0. The van der Waals surface area contributed by atoms with E-state index in [1.165, 1.54) is 11.1 Å². The molecule has 0 atom stereocenters. The highest BCUT2D eigenvalue weighted by atomic mass is 16.5. The lowest BCUT2D eigenvalue weighted by Crippen LogP contribution is -2.08. The molecule has 0 spiro atoms. The number of aryl methyl sites for hydroxylation is 3. The molecular formula is C14H20N4O. The molecule has 0 aliphatic heterocycles. The summed E-state index contributed by atoms with van der Waals surface area (Å²) in [6.07, 6.45) is 0.719. The van der Waals surface area contributed by atoms with Crippen LogP contribution in [0.3, 0.4) is 0 Å². The molecule has 1 aromatic carbocycles. The van der Waals surface area contributed by atoms with Crippen molar-refractivity contribution in [3.63, 3.8) is 0 Å². The molecule has 0 aliphatic rings. The summed E-state index contributed by atoms with van der Waals surface area (Å²) in [5.41, 5.74) is 8.88. The van der Waals surface area contributed by atoms with Crippen molar-refractivity contribution in [2.45, 2.75) is 20.3 Å². The van der Waals surface area contributed by atoms with Crippen molar-refractivity contribution >= 4 is 0 Å². The van der Waals surface area contributed by atoms with Crippen LogP contribution in [-0.4, -0.2) is 28.4 Å². The van der Waals surface area contributed by atoms with E-state index in [1.807, 2.05) is 13.1 Å². The molecule has 0 amide bonds. The second-order valence-electron chi connectivity index (χ2n) is 4.65. The average Bonchev–Trinajstić information content (AvgIpc) is 2.74. The molecule has 2 N–H and O–H groups in total. The van der Waals surface area contributed by atoms with Gasteiger partial charge in [0.25, 0.3) is 0 Å². The van der Waals surface area contributed by atoms with Crippen LogP contribution in [0.4, 0.5) is 0 Å². The zero-order valence-electron chi connectivity index (χ0n) is 11.9. The maximum Gasteiger partial charge on any atom is 0.185 e. The summed E-state index contributed by atoms with van der Waals surface area (Å²) < 4.78 is 7.21. The third-order valence-corrected chi connectivity index (χ3v) is 3.28. The van der Waals surface area contributed by atoms with Gasteiger partial charge in [0.05, 0.1) is 12.7 Å². The summed E-state index contributed by atoms with van der Waals surface area (Å²) in [7, 11) is 3.55. The smallest absolute Gasteiger partial charge is 0.185 e.